The number of amides is 2. The molecule has 0 bridgehead atoms. The number of imidazole rings is 1. The van der Waals surface area contributed by atoms with Crippen molar-refractivity contribution in [2.75, 3.05) is 5.32 Å². The van der Waals surface area contributed by atoms with E-state index < -0.39 is 0 Å². The molecule has 140 valence electrons. The van der Waals surface area contributed by atoms with E-state index in [1.807, 2.05) is 9.78 Å². The molecule has 0 unspecified atom stereocenters. The predicted octanol–water partition coefficient (Wildman–Crippen LogP) is 4.13. The molecule has 0 aliphatic heterocycles. The first kappa shape index (κ1) is 18.1. The normalized spacial score (nSPS) is 13.7. The van der Waals surface area contributed by atoms with Gasteiger partial charge in [0.2, 0.25) is 0 Å². The van der Waals surface area contributed by atoms with Crippen LogP contribution >= 0.6 is 11.3 Å². The van der Waals surface area contributed by atoms with Crippen LogP contribution in [-0.2, 0) is 6.54 Å². The molecule has 0 radical (unpaired) electrons. The molecular formula is C21H19N5OS. The van der Waals surface area contributed by atoms with Crippen LogP contribution in [0.25, 0.3) is 4.96 Å². The maximum atomic E-state index is 12.2. The lowest BCUT2D eigenvalue weighted by Gasteiger charge is -2.07. The minimum Gasteiger partial charge on any atom is -0.332 e. The molecule has 2 aromatic heterocycles. The number of nitrogens with one attached hydrogen (secondary N) is 2. The lowest BCUT2D eigenvalue weighted by atomic mass is 10.1. The van der Waals surface area contributed by atoms with Gasteiger partial charge in [0.25, 0.3) is 0 Å². The van der Waals surface area contributed by atoms with Gasteiger partial charge in [0.1, 0.15) is 5.69 Å². The Kier molecular flexibility index (Phi) is 5.27. The summed E-state index contributed by atoms with van der Waals surface area (Å²) in [6, 6.07) is 8.46. The molecule has 2 N–H and O–H groups in total. The quantitative estimate of drug-likeness (QED) is 0.661. The van der Waals surface area contributed by atoms with E-state index in [4.69, 9.17) is 5.26 Å². The lowest BCUT2D eigenvalue weighted by Crippen LogP contribution is -2.28. The van der Waals surface area contributed by atoms with Gasteiger partial charge in [0, 0.05) is 17.0 Å². The average molecular weight is 389 g/mol. The van der Waals surface area contributed by atoms with Crippen molar-refractivity contribution in [2.24, 2.45) is 5.92 Å². The van der Waals surface area contributed by atoms with E-state index >= 15 is 0 Å². The average Bonchev–Trinajstić information content (AvgIpc) is 3.44. The van der Waals surface area contributed by atoms with Crippen LogP contribution in [0.5, 0.6) is 0 Å². The fourth-order valence-electron chi connectivity index (χ4n) is 3.30. The summed E-state index contributed by atoms with van der Waals surface area (Å²) in [4.78, 5) is 17.5. The van der Waals surface area contributed by atoms with Gasteiger partial charge in [0.15, 0.2) is 4.96 Å². The molecule has 0 atom stereocenters. The summed E-state index contributed by atoms with van der Waals surface area (Å²) in [6.45, 7) is 0.345. The Hall–Kier alpha value is -3.29. The number of nitrogens with zero attached hydrogens (tertiary/aromatic N) is 3. The zero-order valence-electron chi connectivity index (χ0n) is 15.2. The first-order valence-electron chi connectivity index (χ1n) is 9.23. The van der Waals surface area contributed by atoms with E-state index in [1.54, 1.807) is 41.8 Å². The van der Waals surface area contributed by atoms with Crippen molar-refractivity contribution in [2.45, 2.75) is 32.2 Å². The molecule has 7 heteroatoms. The summed E-state index contributed by atoms with van der Waals surface area (Å²) < 4.78 is 2.01. The molecule has 2 amide bonds. The number of hydrogen-bond acceptors (Lipinski definition) is 4. The molecule has 1 fully saturated rings. The Morgan fingerprint density at radius 3 is 2.82 bits per heavy atom. The Morgan fingerprint density at radius 2 is 2.07 bits per heavy atom. The second-order valence-corrected chi connectivity index (χ2v) is 7.57. The van der Waals surface area contributed by atoms with Crippen molar-refractivity contribution in [3.05, 3.63) is 52.8 Å². The van der Waals surface area contributed by atoms with Crippen molar-refractivity contribution in [1.29, 1.82) is 5.26 Å². The molecule has 0 spiro atoms. The van der Waals surface area contributed by atoms with Crippen LogP contribution in [0.2, 0.25) is 0 Å². The third-order valence-electron chi connectivity index (χ3n) is 4.78. The number of carbonyl (C=O) groups excluding carboxylic acids is 1. The smallest absolute Gasteiger partial charge is 0.319 e. The zero-order chi connectivity index (χ0) is 19.3. The van der Waals surface area contributed by atoms with Crippen molar-refractivity contribution in [3.63, 3.8) is 0 Å². The number of aromatic nitrogens is 2. The van der Waals surface area contributed by atoms with Crippen LogP contribution in [0.4, 0.5) is 10.5 Å². The van der Waals surface area contributed by atoms with Crippen LogP contribution in [0.15, 0.2) is 35.8 Å². The molecule has 1 aromatic carbocycles. The van der Waals surface area contributed by atoms with Gasteiger partial charge in [-0.1, -0.05) is 18.8 Å². The summed E-state index contributed by atoms with van der Waals surface area (Å²) >= 11 is 1.55. The van der Waals surface area contributed by atoms with Gasteiger partial charge >= 0.3 is 6.03 Å². The standard InChI is InChI=1S/C21H19N5OS/c22-11-16-5-8-17(9-6-16)25-20(27)23-12-19-13-24-21-26(19)18(14-28-21)10-7-15-3-1-2-4-15/h5-6,8-9,13-15H,1-4,12H2,(H2,23,25,27). The van der Waals surface area contributed by atoms with E-state index in [0.717, 1.165) is 16.3 Å². The van der Waals surface area contributed by atoms with E-state index in [-0.39, 0.29) is 6.03 Å². The number of urea groups is 1. The second kappa shape index (κ2) is 8.16. The summed E-state index contributed by atoms with van der Waals surface area (Å²) in [5, 5.41) is 16.5. The maximum Gasteiger partial charge on any atom is 0.319 e. The van der Waals surface area contributed by atoms with Gasteiger partial charge in [-0.05, 0) is 43.0 Å². The molecule has 4 rings (SSSR count). The predicted molar refractivity (Wildman–Crippen MR) is 109 cm³/mol. The molecule has 2 heterocycles. The molecule has 0 saturated heterocycles. The Labute approximate surface area is 167 Å². The highest BCUT2D eigenvalue weighted by atomic mass is 32.1. The minimum absolute atomic E-state index is 0.312. The van der Waals surface area contributed by atoms with E-state index in [2.05, 4.69) is 33.5 Å². The van der Waals surface area contributed by atoms with Crippen LogP contribution in [0, 0.1) is 29.1 Å². The first-order valence-corrected chi connectivity index (χ1v) is 10.1. The molecule has 3 aromatic rings. The monoisotopic (exact) mass is 389 g/mol. The first-order chi connectivity index (χ1) is 13.7. The van der Waals surface area contributed by atoms with Crippen molar-refractivity contribution in [3.8, 4) is 17.9 Å². The summed E-state index contributed by atoms with van der Waals surface area (Å²) in [7, 11) is 0. The van der Waals surface area contributed by atoms with Gasteiger partial charge in [-0.15, -0.1) is 11.3 Å². The summed E-state index contributed by atoms with van der Waals surface area (Å²) in [5.74, 6) is 7.19. The highest BCUT2D eigenvalue weighted by Crippen LogP contribution is 2.24. The van der Waals surface area contributed by atoms with Gasteiger partial charge in [0.05, 0.1) is 30.1 Å². The van der Waals surface area contributed by atoms with Crippen molar-refractivity contribution < 1.29 is 4.79 Å². The Balaban J connectivity index is 1.42. The Morgan fingerprint density at radius 1 is 1.29 bits per heavy atom. The molecule has 1 aliphatic carbocycles. The molecule has 1 aliphatic rings. The summed E-state index contributed by atoms with van der Waals surface area (Å²) in [5.41, 5.74) is 3.00. The van der Waals surface area contributed by atoms with Crippen LogP contribution in [0.1, 0.15) is 42.6 Å². The number of fused-ring (bicyclic) bond motifs is 1. The third kappa shape index (κ3) is 4.00. The number of thiazole rings is 1. The van der Waals surface area contributed by atoms with Crippen molar-refractivity contribution >= 4 is 28.0 Å². The fourth-order valence-corrected chi connectivity index (χ4v) is 4.12. The lowest BCUT2D eigenvalue weighted by molar-refractivity contribution is 0.251. The number of nitriles is 1. The van der Waals surface area contributed by atoms with Crippen LogP contribution in [-0.4, -0.2) is 15.4 Å². The number of hydrogen-bond donors (Lipinski definition) is 2. The zero-order valence-corrected chi connectivity index (χ0v) is 16.1. The second-order valence-electron chi connectivity index (χ2n) is 6.74. The summed E-state index contributed by atoms with van der Waals surface area (Å²) in [6.07, 6.45) is 6.69. The topological polar surface area (TPSA) is 82.2 Å². The third-order valence-corrected chi connectivity index (χ3v) is 5.62. The molecule has 28 heavy (non-hydrogen) atoms. The van der Waals surface area contributed by atoms with E-state index in [0.29, 0.717) is 23.7 Å². The molecular weight excluding hydrogens is 370 g/mol. The van der Waals surface area contributed by atoms with Gasteiger partial charge < -0.3 is 10.6 Å². The van der Waals surface area contributed by atoms with Crippen molar-refractivity contribution in [1.82, 2.24) is 14.7 Å². The SMILES string of the molecule is N#Cc1ccc(NC(=O)NCc2cnc3scc(C#CC4CCCC4)n23)cc1. The van der Waals surface area contributed by atoms with Crippen LogP contribution < -0.4 is 10.6 Å². The number of benzene rings is 1. The molecule has 6 nitrogen and oxygen atoms in total. The Bertz CT molecular complexity index is 1090. The van der Waals surface area contributed by atoms with E-state index in [1.165, 1.54) is 25.7 Å². The highest BCUT2D eigenvalue weighted by molar-refractivity contribution is 7.15. The van der Waals surface area contributed by atoms with Gasteiger partial charge in [-0.2, -0.15) is 5.26 Å². The highest BCUT2D eigenvalue weighted by Gasteiger charge is 2.13. The van der Waals surface area contributed by atoms with E-state index in [9.17, 15) is 4.79 Å². The number of carbonyl (C=O) groups is 1. The van der Waals surface area contributed by atoms with Crippen LogP contribution in [0.3, 0.4) is 0 Å². The molecule has 1 saturated carbocycles. The number of anilines is 1. The number of rotatable bonds is 3. The van der Waals surface area contributed by atoms with Gasteiger partial charge in [-0.25, -0.2) is 9.78 Å². The fraction of sp³-hybridized carbons (Fsp3) is 0.286. The largest absolute Gasteiger partial charge is 0.332 e. The maximum absolute atomic E-state index is 12.2. The minimum atomic E-state index is -0.312. The van der Waals surface area contributed by atoms with Gasteiger partial charge in [-0.3, -0.25) is 4.40 Å².